The number of esters is 1. The molecule has 2 heterocycles. The molecule has 0 aliphatic rings. The van der Waals surface area contributed by atoms with Crippen LogP contribution in [0, 0.1) is 28.8 Å². The number of nitrogens with zero attached hydrogens (tertiary/aromatic N) is 4. The number of rotatable bonds is 10. The number of hydrogen-bond acceptors (Lipinski definition) is 7. The average molecular weight is 601 g/mol. The SMILES string of the molecule is COC[C@H](C)n1c(Cc2cc(F)c(-c3cccc(OCc4ccc(C#N)cc4F)n3)cc2F)nc2ccc(C(=O)OC)cc21. The van der Waals surface area contributed by atoms with Crippen LogP contribution in [0.5, 0.6) is 5.88 Å². The van der Waals surface area contributed by atoms with Crippen molar-refractivity contribution < 1.29 is 32.2 Å². The maximum absolute atomic E-state index is 15.5. The van der Waals surface area contributed by atoms with Crippen LogP contribution in [0.1, 0.15) is 45.8 Å². The first kappa shape index (κ1) is 30.3. The number of benzene rings is 3. The Morgan fingerprint density at radius 2 is 1.75 bits per heavy atom. The molecule has 0 radical (unpaired) electrons. The van der Waals surface area contributed by atoms with Crippen LogP contribution in [0.2, 0.25) is 0 Å². The fourth-order valence-electron chi connectivity index (χ4n) is 4.94. The molecule has 3 aromatic carbocycles. The van der Waals surface area contributed by atoms with E-state index in [1.54, 1.807) is 31.4 Å². The maximum atomic E-state index is 15.5. The number of carbonyl (C=O) groups is 1. The highest BCUT2D eigenvalue weighted by molar-refractivity contribution is 5.93. The Morgan fingerprint density at radius 1 is 0.955 bits per heavy atom. The third-order valence-corrected chi connectivity index (χ3v) is 7.07. The van der Waals surface area contributed by atoms with Crippen molar-refractivity contribution in [3.8, 4) is 23.2 Å². The lowest BCUT2D eigenvalue weighted by Crippen LogP contribution is -2.15. The second-order valence-corrected chi connectivity index (χ2v) is 10.1. The van der Waals surface area contributed by atoms with Crippen molar-refractivity contribution in [2.24, 2.45) is 0 Å². The normalized spacial score (nSPS) is 11.8. The van der Waals surface area contributed by atoms with Crippen LogP contribution in [-0.2, 0) is 22.5 Å². The number of aromatic nitrogens is 3. The highest BCUT2D eigenvalue weighted by atomic mass is 19.1. The van der Waals surface area contributed by atoms with Gasteiger partial charge in [0.2, 0.25) is 5.88 Å². The van der Waals surface area contributed by atoms with E-state index in [4.69, 9.17) is 19.5 Å². The molecule has 0 saturated carbocycles. The summed E-state index contributed by atoms with van der Waals surface area (Å²) < 4.78 is 62.8. The number of hydrogen-bond donors (Lipinski definition) is 0. The van der Waals surface area contributed by atoms with Crippen LogP contribution in [0.4, 0.5) is 13.2 Å². The van der Waals surface area contributed by atoms with Crippen molar-refractivity contribution in [1.82, 2.24) is 14.5 Å². The van der Waals surface area contributed by atoms with E-state index in [-0.39, 0.29) is 52.9 Å². The number of fused-ring (bicyclic) bond motifs is 1. The quantitative estimate of drug-likeness (QED) is 0.168. The molecule has 0 bridgehead atoms. The van der Waals surface area contributed by atoms with Gasteiger partial charge in [-0.05, 0) is 61.0 Å². The zero-order chi connectivity index (χ0) is 31.4. The van der Waals surface area contributed by atoms with Gasteiger partial charge in [0.25, 0.3) is 0 Å². The standard InChI is InChI=1S/C33H27F3N4O4/c1-19(17-42-2)40-30-13-21(33(41)43-3)9-10-29(30)38-31(40)14-23-12-27(36)24(15-26(23)35)28-5-4-6-32(39-28)44-18-22-8-7-20(16-37)11-25(22)34/h4-13,15,19H,14,17-18H2,1-3H3/t19-/m0/s1. The van der Waals surface area contributed by atoms with Crippen molar-refractivity contribution in [2.75, 3.05) is 20.8 Å². The third kappa shape index (κ3) is 6.26. The largest absolute Gasteiger partial charge is 0.473 e. The van der Waals surface area contributed by atoms with E-state index in [9.17, 15) is 9.18 Å². The fourth-order valence-corrected chi connectivity index (χ4v) is 4.94. The molecule has 0 aliphatic heterocycles. The van der Waals surface area contributed by atoms with Gasteiger partial charge in [-0.1, -0.05) is 12.1 Å². The van der Waals surface area contributed by atoms with Crippen LogP contribution in [-0.4, -0.2) is 41.3 Å². The molecule has 8 nitrogen and oxygen atoms in total. The Morgan fingerprint density at radius 3 is 2.48 bits per heavy atom. The van der Waals surface area contributed by atoms with Crippen LogP contribution >= 0.6 is 0 Å². The topological polar surface area (TPSA) is 99.3 Å². The highest BCUT2D eigenvalue weighted by Gasteiger charge is 2.21. The Bertz CT molecular complexity index is 1900. The summed E-state index contributed by atoms with van der Waals surface area (Å²) in [6.07, 6.45) is -0.0357. The molecule has 0 spiro atoms. The monoisotopic (exact) mass is 600 g/mol. The van der Waals surface area contributed by atoms with Crippen LogP contribution in [0.25, 0.3) is 22.3 Å². The summed E-state index contributed by atoms with van der Waals surface area (Å²) in [7, 11) is 2.85. The van der Waals surface area contributed by atoms with E-state index in [0.717, 1.165) is 18.2 Å². The molecule has 0 fully saturated rings. The summed E-state index contributed by atoms with van der Waals surface area (Å²) in [5.41, 5.74) is 2.06. The first-order valence-corrected chi connectivity index (χ1v) is 13.6. The molecule has 0 unspecified atom stereocenters. The van der Waals surface area contributed by atoms with Crippen LogP contribution in [0.3, 0.4) is 0 Å². The Labute approximate surface area is 251 Å². The number of imidazole rings is 1. The van der Waals surface area contributed by atoms with Gasteiger partial charge in [-0.2, -0.15) is 5.26 Å². The van der Waals surface area contributed by atoms with Gasteiger partial charge in [-0.15, -0.1) is 0 Å². The summed E-state index contributed by atoms with van der Waals surface area (Å²) in [6, 6.07) is 17.3. The molecule has 1 atom stereocenters. The molecule has 0 saturated heterocycles. The molecule has 44 heavy (non-hydrogen) atoms. The van der Waals surface area contributed by atoms with Gasteiger partial charge < -0.3 is 18.8 Å². The van der Waals surface area contributed by atoms with Crippen molar-refractivity contribution >= 4 is 17.0 Å². The van der Waals surface area contributed by atoms with Gasteiger partial charge in [-0.3, -0.25) is 0 Å². The number of ether oxygens (including phenoxy) is 3. The smallest absolute Gasteiger partial charge is 0.337 e. The molecular weight excluding hydrogens is 573 g/mol. The van der Waals surface area contributed by atoms with E-state index in [1.807, 2.05) is 17.6 Å². The molecule has 0 N–H and O–H groups in total. The Kier molecular flexibility index (Phi) is 8.92. The fraction of sp³-hybridized carbons (Fsp3) is 0.212. The molecule has 2 aromatic heterocycles. The maximum Gasteiger partial charge on any atom is 0.337 e. The van der Waals surface area contributed by atoms with E-state index in [0.29, 0.717) is 29.0 Å². The summed E-state index contributed by atoms with van der Waals surface area (Å²) in [6.45, 7) is 2.04. The van der Waals surface area contributed by atoms with Crippen molar-refractivity contribution in [2.45, 2.75) is 26.0 Å². The van der Waals surface area contributed by atoms with E-state index in [2.05, 4.69) is 9.97 Å². The minimum Gasteiger partial charge on any atom is -0.473 e. The first-order valence-electron chi connectivity index (χ1n) is 13.6. The second kappa shape index (κ2) is 13.0. The van der Waals surface area contributed by atoms with Crippen LogP contribution < -0.4 is 4.74 Å². The predicted molar refractivity (Wildman–Crippen MR) is 156 cm³/mol. The second-order valence-electron chi connectivity index (χ2n) is 10.1. The first-order chi connectivity index (χ1) is 21.2. The van der Waals surface area contributed by atoms with Crippen molar-refractivity contribution in [1.29, 1.82) is 5.26 Å². The van der Waals surface area contributed by atoms with Gasteiger partial charge >= 0.3 is 5.97 Å². The minimum absolute atomic E-state index is 0.0357. The summed E-state index contributed by atoms with van der Waals surface area (Å²) in [5, 5.41) is 8.91. The third-order valence-electron chi connectivity index (χ3n) is 7.07. The lowest BCUT2D eigenvalue weighted by Gasteiger charge is -2.17. The number of pyridine rings is 1. The number of nitriles is 1. The molecule has 5 aromatic rings. The summed E-state index contributed by atoms with van der Waals surface area (Å²) in [5.74, 6) is -1.93. The number of halogens is 3. The lowest BCUT2D eigenvalue weighted by atomic mass is 10.0. The van der Waals surface area contributed by atoms with Crippen molar-refractivity contribution in [3.05, 3.63) is 112 Å². The number of carbonyl (C=O) groups excluding carboxylic acids is 1. The molecule has 224 valence electrons. The van der Waals surface area contributed by atoms with Gasteiger partial charge in [0.1, 0.15) is 29.9 Å². The van der Waals surface area contributed by atoms with Gasteiger partial charge in [0.05, 0.1) is 53.7 Å². The zero-order valence-corrected chi connectivity index (χ0v) is 24.1. The van der Waals surface area contributed by atoms with E-state index < -0.39 is 23.4 Å². The molecule has 11 heteroatoms. The van der Waals surface area contributed by atoms with Crippen molar-refractivity contribution in [3.63, 3.8) is 0 Å². The Hall–Kier alpha value is -5.21. The zero-order valence-electron chi connectivity index (χ0n) is 24.1. The molecule has 0 aliphatic carbocycles. The highest BCUT2D eigenvalue weighted by Crippen LogP contribution is 2.29. The molecule has 5 rings (SSSR count). The van der Waals surface area contributed by atoms with Gasteiger partial charge in [0.15, 0.2) is 0 Å². The lowest BCUT2D eigenvalue weighted by molar-refractivity contribution is 0.0601. The summed E-state index contributed by atoms with van der Waals surface area (Å²) >= 11 is 0. The number of methoxy groups -OCH3 is 2. The van der Waals surface area contributed by atoms with Gasteiger partial charge in [-0.25, -0.2) is 27.9 Å². The Balaban J connectivity index is 1.43. The van der Waals surface area contributed by atoms with E-state index >= 15 is 8.78 Å². The predicted octanol–water partition coefficient (Wildman–Crippen LogP) is 6.55. The van der Waals surface area contributed by atoms with Crippen LogP contribution in [0.15, 0.2) is 66.7 Å². The molecular formula is C33H27F3N4O4. The minimum atomic E-state index is -0.704. The average Bonchev–Trinajstić information content (AvgIpc) is 3.39. The molecule has 0 amide bonds. The van der Waals surface area contributed by atoms with E-state index in [1.165, 1.54) is 31.4 Å². The van der Waals surface area contributed by atoms with Gasteiger partial charge in [0, 0.05) is 30.7 Å². The summed E-state index contributed by atoms with van der Waals surface area (Å²) in [4.78, 5) is 21.1.